The van der Waals surface area contributed by atoms with Gasteiger partial charge in [0.1, 0.15) is 18.2 Å². The Kier molecular flexibility index (Phi) is 7.31. The van der Waals surface area contributed by atoms with E-state index >= 15 is 0 Å². The van der Waals surface area contributed by atoms with Gasteiger partial charge in [-0.15, -0.1) is 11.3 Å². The number of amidine groups is 1. The Morgan fingerprint density at radius 1 is 0.481 bits per heavy atom. The second kappa shape index (κ2) is 12.3. The molecule has 5 heteroatoms. The normalized spacial score (nSPS) is 16.7. The van der Waals surface area contributed by atoms with Gasteiger partial charge >= 0.3 is 0 Å². The van der Waals surface area contributed by atoms with Gasteiger partial charge in [-0.1, -0.05) is 127 Å². The summed E-state index contributed by atoms with van der Waals surface area (Å²) in [5.74, 6) is 0.976. The fraction of sp³-hybridized carbons (Fsp3) is 0.0851. The molecule has 0 saturated carbocycles. The zero-order valence-corrected chi connectivity index (χ0v) is 29.8. The first-order chi connectivity index (χ1) is 25.6. The van der Waals surface area contributed by atoms with Crippen LogP contribution in [-0.4, -0.2) is 34.3 Å². The molecule has 7 aromatic carbocycles. The zero-order valence-electron chi connectivity index (χ0n) is 29.0. The van der Waals surface area contributed by atoms with Crippen LogP contribution in [0.15, 0.2) is 175 Å². The van der Waals surface area contributed by atoms with Crippen molar-refractivity contribution in [2.24, 2.45) is 4.99 Å². The summed E-state index contributed by atoms with van der Waals surface area (Å²) in [6.45, 7) is 0. The van der Waals surface area contributed by atoms with Gasteiger partial charge in [0, 0.05) is 49.2 Å². The molecule has 0 amide bonds. The van der Waals surface area contributed by atoms with Gasteiger partial charge in [-0.25, -0.2) is 4.99 Å². The summed E-state index contributed by atoms with van der Waals surface area (Å²) < 4.78 is 5.10. The molecule has 0 bridgehead atoms. The van der Waals surface area contributed by atoms with Gasteiger partial charge in [-0.3, -0.25) is 4.90 Å². The molecule has 0 saturated heterocycles. The first kappa shape index (κ1) is 30.8. The first-order valence-corrected chi connectivity index (χ1v) is 18.6. The van der Waals surface area contributed by atoms with Crippen molar-refractivity contribution in [3.05, 3.63) is 187 Å². The Morgan fingerprint density at radius 2 is 1.15 bits per heavy atom. The number of hydrogen-bond donors (Lipinski definition) is 0. The number of benzene rings is 7. The van der Waals surface area contributed by atoms with Crippen molar-refractivity contribution in [3.63, 3.8) is 0 Å². The average molecular weight is 689 g/mol. The summed E-state index contributed by atoms with van der Waals surface area (Å²) >= 11 is 1.88. The molecule has 10 rings (SSSR count). The van der Waals surface area contributed by atoms with E-state index in [0.717, 1.165) is 17.1 Å². The Bertz CT molecular complexity index is 2800. The lowest BCUT2D eigenvalue weighted by Crippen LogP contribution is -2.47. The summed E-state index contributed by atoms with van der Waals surface area (Å²) in [7, 11) is 4.38. The molecule has 1 aliphatic heterocycles. The SMILES string of the molecule is CN1C(c2cccc(-c3ccccc3)c2)=NC(c2ccccc2)N(C)C1c1cccc(-n2c3ccccc3c3cc4sc5ccccc5c4cc32)c1. The minimum atomic E-state index is -0.158. The van der Waals surface area contributed by atoms with Gasteiger partial charge in [-0.2, -0.15) is 0 Å². The highest BCUT2D eigenvalue weighted by Gasteiger charge is 2.35. The molecule has 0 N–H and O–H groups in total. The van der Waals surface area contributed by atoms with E-state index in [4.69, 9.17) is 4.99 Å². The van der Waals surface area contributed by atoms with E-state index in [1.54, 1.807) is 0 Å². The number of fused-ring (bicyclic) bond motifs is 6. The van der Waals surface area contributed by atoms with Crippen molar-refractivity contribution in [2.75, 3.05) is 14.1 Å². The maximum atomic E-state index is 5.46. The average Bonchev–Trinajstić information content (AvgIpc) is 3.73. The highest BCUT2D eigenvalue weighted by atomic mass is 32.1. The topological polar surface area (TPSA) is 23.8 Å². The fourth-order valence-corrected chi connectivity index (χ4v) is 9.38. The molecular formula is C47H36N4S. The molecule has 0 fully saturated rings. The highest BCUT2D eigenvalue weighted by molar-refractivity contribution is 7.25. The van der Waals surface area contributed by atoms with Crippen LogP contribution in [0.5, 0.6) is 0 Å². The van der Waals surface area contributed by atoms with Crippen LogP contribution in [0, 0.1) is 0 Å². The van der Waals surface area contributed by atoms with E-state index in [-0.39, 0.29) is 12.3 Å². The van der Waals surface area contributed by atoms with Crippen LogP contribution in [0.2, 0.25) is 0 Å². The number of nitrogens with zero attached hydrogens (tertiary/aromatic N) is 4. The molecule has 9 aromatic rings. The van der Waals surface area contributed by atoms with E-state index in [2.05, 4.69) is 198 Å². The van der Waals surface area contributed by atoms with E-state index in [0.29, 0.717) is 0 Å². The standard InChI is InChI=1S/C47H36N4S/c1-49-45(32-17-7-4-8-18-32)48-46(34-20-13-19-33(27-34)31-15-5-3-6-16-31)50(2)47(49)35-21-14-22-36(28-35)51-41-25-11-9-23-37(41)39-30-44-40(29-42(39)51)38-24-10-12-26-43(38)52-44/h3-30,45,47H,1-2H3. The molecule has 2 aromatic heterocycles. The van der Waals surface area contributed by atoms with Crippen molar-refractivity contribution in [1.82, 2.24) is 14.4 Å². The van der Waals surface area contributed by atoms with Gasteiger partial charge in [0.25, 0.3) is 0 Å². The van der Waals surface area contributed by atoms with Gasteiger partial charge in [0.15, 0.2) is 0 Å². The van der Waals surface area contributed by atoms with Crippen LogP contribution in [0.4, 0.5) is 0 Å². The van der Waals surface area contributed by atoms with Crippen molar-refractivity contribution in [1.29, 1.82) is 0 Å². The third-order valence-electron chi connectivity index (χ3n) is 10.6. The van der Waals surface area contributed by atoms with E-state index in [1.807, 2.05) is 11.3 Å². The Balaban J connectivity index is 1.14. The summed E-state index contributed by atoms with van der Waals surface area (Å²) in [5.41, 5.74) is 9.45. The summed E-state index contributed by atoms with van der Waals surface area (Å²) in [6, 6.07) is 61.6. The Hall–Kier alpha value is -6.01. The lowest BCUT2D eigenvalue weighted by atomic mass is 10.00. The molecule has 2 atom stereocenters. The molecule has 0 aliphatic carbocycles. The van der Waals surface area contributed by atoms with Crippen LogP contribution in [0.3, 0.4) is 0 Å². The minimum absolute atomic E-state index is 0.0707. The number of thiophene rings is 1. The van der Waals surface area contributed by atoms with Gasteiger partial charge in [-0.05, 0) is 71.8 Å². The lowest BCUT2D eigenvalue weighted by Gasteiger charge is -2.45. The minimum Gasteiger partial charge on any atom is -0.339 e. The first-order valence-electron chi connectivity index (χ1n) is 17.8. The summed E-state index contributed by atoms with van der Waals surface area (Å²) in [4.78, 5) is 10.2. The number of hydrogen-bond acceptors (Lipinski definition) is 4. The quantitative estimate of drug-likeness (QED) is 0.180. The molecule has 3 heterocycles. The van der Waals surface area contributed by atoms with Crippen LogP contribution in [0.25, 0.3) is 58.8 Å². The van der Waals surface area contributed by atoms with Crippen molar-refractivity contribution in [2.45, 2.75) is 12.3 Å². The van der Waals surface area contributed by atoms with Crippen LogP contribution >= 0.6 is 11.3 Å². The molecule has 1 aliphatic rings. The van der Waals surface area contributed by atoms with Crippen molar-refractivity contribution >= 4 is 59.2 Å². The maximum absolute atomic E-state index is 5.46. The highest BCUT2D eigenvalue weighted by Crippen LogP contribution is 2.42. The predicted octanol–water partition coefficient (Wildman–Crippen LogP) is 11.8. The van der Waals surface area contributed by atoms with Crippen molar-refractivity contribution < 1.29 is 0 Å². The number of aromatic nitrogens is 1. The second-order valence-electron chi connectivity index (χ2n) is 13.7. The fourth-order valence-electron chi connectivity index (χ4n) is 8.25. The van der Waals surface area contributed by atoms with E-state index in [9.17, 15) is 0 Å². The third-order valence-corrected chi connectivity index (χ3v) is 11.8. The molecule has 4 nitrogen and oxygen atoms in total. The number of aliphatic imine (C=N–C) groups is 1. The third kappa shape index (κ3) is 4.96. The molecule has 0 spiro atoms. The summed E-state index contributed by atoms with van der Waals surface area (Å²) in [6.07, 6.45) is -0.228. The number of para-hydroxylation sites is 1. The Morgan fingerprint density at radius 3 is 2.00 bits per heavy atom. The maximum Gasteiger partial charge on any atom is 0.134 e. The van der Waals surface area contributed by atoms with Crippen LogP contribution in [-0.2, 0) is 0 Å². The van der Waals surface area contributed by atoms with Crippen LogP contribution in [0.1, 0.15) is 29.0 Å². The zero-order chi connectivity index (χ0) is 34.8. The van der Waals surface area contributed by atoms with E-state index in [1.165, 1.54) is 64.2 Å². The lowest BCUT2D eigenvalue weighted by molar-refractivity contribution is 0.0744. The second-order valence-corrected chi connectivity index (χ2v) is 14.8. The summed E-state index contributed by atoms with van der Waals surface area (Å²) in [5, 5.41) is 5.18. The Labute approximate surface area is 307 Å². The van der Waals surface area contributed by atoms with Gasteiger partial charge in [0.05, 0.1) is 11.0 Å². The molecule has 250 valence electrons. The molecule has 52 heavy (non-hydrogen) atoms. The number of rotatable bonds is 5. The van der Waals surface area contributed by atoms with E-state index < -0.39 is 0 Å². The van der Waals surface area contributed by atoms with Crippen molar-refractivity contribution in [3.8, 4) is 16.8 Å². The smallest absolute Gasteiger partial charge is 0.134 e. The predicted molar refractivity (Wildman–Crippen MR) is 220 cm³/mol. The largest absolute Gasteiger partial charge is 0.339 e. The molecule has 2 unspecified atom stereocenters. The monoisotopic (exact) mass is 688 g/mol. The molecular weight excluding hydrogens is 653 g/mol. The van der Waals surface area contributed by atoms with Crippen LogP contribution < -0.4 is 0 Å². The molecule has 0 radical (unpaired) electrons. The van der Waals surface area contributed by atoms with Gasteiger partial charge in [0.2, 0.25) is 0 Å². The van der Waals surface area contributed by atoms with Gasteiger partial charge < -0.3 is 9.47 Å².